The van der Waals surface area contributed by atoms with Crippen molar-refractivity contribution in [1.29, 1.82) is 0 Å². The third-order valence-corrected chi connectivity index (χ3v) is 4.50. The summed E-state index contributed by atoms with van der Waals surface area (Å²) in [7, 11) is 0. The van der Waals surface area contributed by atoms with Gasteiger partial charge in [-0.2, -0.15) is 0 Å². The first-order chi connectivity index (χ1) is 8.20. The Bertz CT molecular complexity index is 312. The van der Waals surface area contributed by atoms with E-state index in [1.54, 1.807) is 0 Å². The van der Waals surface area contributed by atoms with Crippen molar-refractivity contribution in [2.24, 2.45) is 11.8 Å². The van der Waals surface area contributed by atoms with E-state index in [0.29, 0.717) is 31.6 Å². The molecule has 2 atom stereocenters. The SMILES string of the molecule is CC1CCCC1C(=O)N1CCC2(C1)OCCO2. The molecule has 1 aliphatic carbocycles. The molecule has 96 valence electrons. The van der Waals surface area contributed by atoms with E-state index in [4.69, 9.17) is 9.47 Å². The van der Waals surface area contributed by atoms with Crippen molar-refractivity contribution in [3.63, 3.8) is 0 Å². The summed E-state index contributed by atoms with van der Waals surface area (Å²) in [6, 6.07) is 0. The fourth-order valence-corrected chi connectivity index (χ4v) is 3.42. The lowest BCUT2D eigenvalue weighted by molar-refractivity contribution is -0.154. The summed E-state index contributed by atoms with van der Waals surface area (Å²) in [5, 5.41) is 0. The highest BCUT2D eigenvalue weighted by Gasteiger charge is 2.46. The first-order valence-corrected chi connectivity index (χ1v) is 6.77. The molecule has 4 heteroatoms. The highest BCUT2D eigenvalue weighted by atomic mass is 16.7. The molecular weight excluding hydrogens is 218 g/mol. The number of likely N-dealkylation sites (tertiary alicyclic amines) is 1. The Morgan fingerprint density at radius 3 is 2.71 bits per heavy atom. The Balaban J connectivity index is 1.64. The maximum Gasteiger partial charge on any atom is 0.226 e. The van der Waals surface area contributed by atoms with Crippen molar-refractivity contribution >= 4 is 5.91 Å². The predicted octanol–water partition coefficient (Wildman–Crippen LogP) is 1.40. The lowest BCUT2D eigenvalue weighted by Crippen LogP contribution is -2.40. The molecule has 1 amide bonds. The molecule has 0 aromatic heterocycles. The van der Waals surface area contributed by atoms with Crippen LogP contribution in [0.25, 0.3) is 0 Å². The van der Waals surface area contributed by atoms with Gasteiger partial charge in [-0.25, -0.2) is 0 Å². The van der Waals surface area contributed by atoms with E-state index in [2.05, 4.69) is 6.92 Å². The van der Waals surface area contributed by atoms with Crippen LogP contribution < -0.4 is 0 Å². The van der Waals surface area contributed by atoms with Crippen molar-refractivity contribution in [3.05, 3.63) is 0 Å². The minimum absolute atomic E-state index is 0.242. The lowest BCUT2D eigenvalue weighted by Gasteiger charge is -2.25. The van der Waals surface area contributed by atoms with Gasteiger partial charge in [0.15, 0.2) is 5.79 Å². The van der Waals surface area contributed by atoms with Crippen molar-refractivity contribution < 1.29 is 14.3 Å². The van der Waals surface area contributed by atoms with E-state index in [9.17, 15) is 4.79 Å². The first kappa shape index (κ1) is 11.5. The predicted molar refractivity (Wildman–Crippen MR) is 62.3 cm³/mol. The average molecular weight is 239 g/mol. The maximum atomic E-state index is 12.4. The third kappa shape index (κ3) is 1.97. The van der Waals surface area contributed by atoms with Crippen LogP contribution >= 0.6 is 0 Å². The first-order valence-electron chi connectivity index (χ1n) is 6.77. The van der Waals surface area contributed by atoms with E-state index in [1.165, 1.54) is 12.8 Å². The molecule has 2 aliphatic heterocycles. The third-order valence-electron chi connectivity index (χ3n) is 4.50. The molecule has 0 radical (unpaired) electrons. The van der Waals surface area contributed by atoms with Crippen molar-refractivity contribution in [2.75, 3.05) is 26.3 Å². The molecule has 1 spiro atoms. The second kappa shape index (κ2) is 4.25. The summed E-state index contributed by atoms with van der Waals surface area (Å²) >= 11 is 0. The van der Waals surface area contributed by atoms with E-state index in [1.807, 2.05) is 4.90 Å². The van der Waals surface area contributed by atoms with E-state index < -0.39 is 5.79 Å². The normalized spacial score (nSPS) is 35.9. The summed E-state index contributed by atoms with van der Waals surface area (Å²) in [6.45, 7) is 4.96. The summed E-state index contributed by atoms with van der Waals surface area (Å²) in [5.74, 6) is 0.652. The van der Waals surface area contributed by atoms with E-state index in [0.717, 1.165) is 19.4 Å². The number of nitrogens with zero attached hydrogens (tertiary/aromatic N) is 1. The molecule has 0 aromatic rings. The van der Waals surface area contributed by atoms with Gasteiger partial charge in [0.1, 0.15) is 0 Å². The molecule has 2 heterocycles. The minimum Gasteiger partial charge on any atom is -0.346 e. The number of amides is 1. The van der Waals surface area contributed by atoms with Gasteiger partial charge < -0.3 is 14.4 Å². The second-order valence-corrected chi connectivity index (χ2v) is 5.63. The maximum absolute atomic E-state index is 12.4. The van der Waals surface area contributed by atoms with Crippen LogP contribution in [-0.2, 0) is 14.3 Å². The second-order valence-electron chi connectivity index (χ2n) is 5.63. The molecule has 2 unspecified atom stereocenters. The highest BCUT2D eigenvalue weighted by molar-refractivity contribution is 5.79. The van der Waals surface area contributed by atoms with Crippen LogP contribution in [0.2, 0.25) is 0 Å². The number of ether oxygens (including phenoxy) is 2. The molecule has 0 aromatic carbocycles. The van der Waals surface area contributed by atoms with Gasteiger partial charge >= 0.3 is 0 Å². The van der Waals surface area contributed by atoms with Gasteiger partial charge in [0.2, 0.25) is 5.91 Å². The topological polar surface area (TPSA) is 38.8 Å². The van der Waals surface area contributed by atoms with Crippen LogP contribution in [0.5, 0.6) is 0 Å². The Hall–Kier alpha value is -0.610. The number of carbonyl (C=O) groups excluding carboxylic acids is 1. The molecule has 1 saturated carbocycles. The Morgan fingerprint density at radius 2 is 2.06 bits per heavy atom. The number of hydrogen-bond acceptors (Lipinski definition) is 3. The average Bonchev–Trinajstić information content (AvgIpc) is 3.02. The zero-order chi connectivity index (χ0) is 11.9. The number of rotatable bonds is 1. The fourth-order valence-electron chi connectivity index (χ4n) is 3.42. The van der Waals surface area contributed by atoms with Crippen LogP contribution in [0.1, 0.15) is 32.6 Å². The smallest absolute Gasteiger partial charge is 0.226 e. The highest BCUT2D eigenvalue weighted by Crippen LogP contribution is 2.36. The van der Waals surface area contributed by atoms with Crippen molar-refractivity contribution in [3.8, 4) is 0 Å². The van der Waals surface area contributed by atoms with Gasteiger partial charge in [-0.15, -0.1) is 0 Å². The van der Waals surface area contributed by atoms with Crippen LogP contribution in [0.4, 0.5) is 0 Å². The number of carbonyl (C=O) groups is 1. The monoisotopic (exact) mass is 239 g/mol. The van der Waals surface area contributed by atoms with Gasteiger partial charge in [0.05, 0.1) is 19.8 Å². The molecule has 3 fully saturated rings. The quantitative estimate of drug-likeness (QED) is 0.694. The Kier molecular flexibility index (Phi) is 2.87. The van der Waals surface area contributed by atoms with Crippen LogP contribution in [0.3, 0.4) is 0 Å². The lowest BCUT2D eigenvalue weighted by atomic mass is 9.97. The zero-order valence-corrected chi connectivity index (χ0v) is 10.5. The van der Waals surface area contributed by atoms with Gasteiger partial charge in [-0.3, -0.25) is 4.79 Å². The van der Waals surface area contributed by atoms with E-state index in [-0.39, 0.29) is 5.92 Å². The molecule has 3 aliphatic rings. The Labute approximate surface area is 102 Å². The molecule has 4 nitrogen and oxygen atoms in total. The van der Waals surface area contributed by atoms with Gasteiger partial charge in [-0.05, 0) is 18.8 Å². The van der Waals surface area contributed by atoms with Gasteiger partial charge in [0, 0.05) is 18.9 Å². The van der Waals surface area contributed by atoms with Crippen LogP contribution in [0, 0.1) is 11.8 Å². The molecule has 0 bridgehead atoms. The van der Waals surface area contributed by atoms with Gasteiger partial charge in [-0.1, -0.05) is 13.3 Å². The van der Waals surface area contributed by atoms with Crippen LogP contribution in [-0.4, -0.2) is 42.9 Å². The summed E-state index contributed by atoms with van der Waals surface area (Å²) < 4.78 is 11.3. The molecule has 3 rings (SSSR count). The van der Waals surface area contributed by atoms with Gasteiger partial charge in [0.25, 0.3) is 0 Å². The largest absolute Gasteiger partial charge is 0.346 e. The fraction of sp³-hybridized carbons (Fsp3) is 0.923. The van der Waals surface area contributed by atoms with Crippen molar-refractivity contribution in [2.45, 2.75) is 38.4 Å². The Morgan fingerprint density at radius 1 is 1.29 bits per heavy atom. The summed E-state index contributed by atoms with van der Waals surface area (Å²) in [4.78, 5) is 14.4. The standard InChI is InChI=1S/C13H21NO3/c1-10-3-2-4-11(10)12(15)14-6-5-13(9-14)16-7-8-17-13/h10-11H,2-9H2,1H3. The number of hydrogen-bond donors (Lipinski definition) is 0. The summed E-state index contributed by atoms with van der Waals surface area (Å²) in [6.07, 6.45) is 4.29. The molecular formula is C13H21NO3. The van der Waals surface area contributed by atoms with E-state index >= 15 is 0 Å². The molecule has 17 heavy (non-hydrogen) atoms. The van der Waals surface area contributed by atoms with Crippen molar-refractivity contribution in [1.82, 2.24) is 4.90 Å². The summed E-state index contributed by atoms with van der Waals surface area (Å²) in [5.41, 5.74) is 0. The molecule has 2 saturated heterocycles. The molecule has 0 N–H and O–H groups in total. The minimum atomic E-state index is -0.461. The zero-order valence-electron chi connectivity index (χ0n) is 10.5. The van der Waals surface area contributed by atoms with Crippen LogP contribution in [0.15, 0.2) is 0 Å².